The van der Waals surface area contributed by atoms with Crippen molar-refractivity contribution in [3.63, 3.8) is 0 Å². The van der Waals surface area contributed by atoms with Crippen molar-refractivity contribution in [2.45, 2.75) is 19.3 Å². The smallest absolute Gasteiger partial charge is 0.110 e. The zero-order valence-corrected chi connectivity index (χ0v) is 8.87. The standard InChI is InChI=1S/C12H17N3/c13-12(14)9-15-8-4-3-6-10-5-1-2-7-11(10)15/h1-2,5,7H,3-4,6,8-9H2,(H3,13,14). The minimum Gasteiger partial charge on any atom is -0.386 e. The number of amidine groups is 1. The Hall–Kier alpha value is -1.51. The number of rotatable bonds is 2. The van der Waals surface area contributed by atoms with E-state index in [1.165, 1.54) is 24.1 Å². The van der Waals surface area contributed by atoms with Crippen LogP contribution < -0.4 is 10.6 Å². The maximum Gasteiger partial charge on any atom is 0.110 e. The average molecular weight is 203 g/mol. The SMILES string of the molecule is N=C(N)CN1CCCCc2ccccc21. The molecule has 0 aromatic heterocycles. The number of benzene rings is 1. The van der Waals surface area contributed by atoms with Gasteiger partial charge in [0.25, 0.3) is 0 Å². The van der Waals surface area contributed by atoms with Gasteiger partial charge in [-0.05, 0) is 30.9 Å². The molecule has 2 rings (SSSR count). The van der Waals surface area contributed by atoms with Gasteiger partial charge in [-0.3, -0.25) is 5.41 Å². The van der Waals surface area contributed by atoms with Crippen LogP contribution in [0.3, 0.4) is 0 Å². The maximum atomic E-state index is 7.38. The van der Waals surface area contributed by atoms with Gasteiger partial charge in [0.15, 0.2) is 0 Å². The Balaban J connectivity index is 2.28. The zero-order chi connectivity index (χ0) is 10.7. The summed E-state index contributed by atoms with van der Waals surface area (Å²) in [6, 6.07) is 8.44. The molecular weight excluding hydrogens is 186 g/mol. The molecule has 0 saturated carbocycles. The first-order chi connectivity index (χ1) is 7.27. The molecule has 3 heteroatoms. The highest BCUT2D eigenvalue weighted by Gasteiger charge is 2.14. The first-order valence-corrected chi connectivity index (χ1v) is 5.43. The van der Waals surface area contributed by atoms with E-state index in [9.17, 15) is 0 Å². The molecule has 0 spiro atoms. The third-order valence-electron chi connectivity index (χ3n) is 2.82. The molecule has 0 fully saturated rings. The summed E-state index contributed by atoms with van der Waals surface area (Å²) in [4.78, 5) is 2.21. The first-order valence-electron chi connectivity index (χ1n) is 5.43. The van der Waals surface area contributed by atoms with Crippen LogP contribution in [0.4, 0.5) is 5.69 Å². The van der Waals surface area contributed by atoms with Gasteiger partial charge in [-0.1, -0.05) is 18.2 Å². The van der Waals surface area contributed by atoms with Crippen molar-refractivity contribution in [3.05, 3.63) is 29.8 Å². The molecule has 0 bridgehead atoms. The molecule has 1 aliphatic heterocycles. The van der Waals surface area contributed by atoms with Gasteiger partial charge in [0, 0.05) is 12.2 Å². The van der Waals surface area contributed by atoms with Gasteiger partial charge in [0.1, 0.15) is 5.84 Å². The number of para-hydroxylation sites is 1. The number of nitrogens with zero attached hydrogens (tertiary/aromatic N) is 1. The van der Waals surface area contributed by atoms with Gasteiger partial charge < -0.3 is 10.6 Å². The van der Waals surface area contributed by atoms with E-state index in [-0.39, 0.29) is 5.84 Å². The fourth-order valence-corrected chi connectivity index (χ4v) is 2.14. The molecule has 1 heterocycles. The topological polar surface area (TPSA) is 53.1 Å². The second-order valence-electron chi connectivity index (χ2n) is 4.03. The summed E-state index contributed by atoms with van der Waals surface area (Å²) in [5.74, 6) is 0.242. The number of nitrogens with two attached hydrogens (primary N) is 1. The van der Waals surface area contributed by atoms with Crippen LogP contribution in [0.25, 0.3) is 0 Å². The van der Waals surface area contributed by atoms with Crippen LogP contribution in [0, 0.1) is 5.41 Å². The third kappa shape index (κ3) is 2.29. The number of aryl methyl sites for hydroxylation is 1. The Bertz CT molecular complexity index is 360. The van der Waals surface area contributed by atoms with Crippen molar-refractivity contribution in [1.82, 2.24) is 0 Å². The van der Waals surface area contributed by atoms with E-state index in [2.05, 4.69) is 29.2 Å². The van der Waals surface area contributed by atoms with E-state index in [0.717, 1.165) is 13.0 Å². The van der Waals surface area contributed by atoms with Gasteiger partial charge in [0.05, 0.1) is 6.54 Å². The second kappa shape index (κ2) is 4.34. The lowest BCUT2D eigenvalue weighted by molar-refractivity contribution is 0.740. The van der Waals surface area contributed by atoms with Crippen molar-refractivity contribution in [3.8, 4) is 0 Å². The van der Waals surface area contributed by atoms with Crippen LogP contribution >= 0.6 is 0 Å². The molecule has 0 amide bonds. The van der Waals surface area contributed by atoms with Crippen LogP contribution in [0.2, 0.25) is 0 Å². The Kier molecular flexibility index (Phi) is 2.90. The summed E-state index contributed by atoms with van der Waals surface area (Å²) in [5, 5.41) is 7.38. The number of nitrogens with one attached hydrogen (secondary N) is 1. The summed E-state index contributed by atoms with van der Waals surface area (Å²) in [7, 11) is 0. The maximum absolute atomic E-state index is 7.38. The Morgan fingerprint density at radius 1 is 1.33 bits per heavy atom. The van der Waals surface area contributed by atoms with E-state index in [1.807, 2.05) is 0 Å². The number of fused-ring (bicyclic) bond motifs is 1. The molecule has 0 aliphatic carbocycles. The highest BCUT2D eigenvalue weighted by molar-refractivity contribution is 5.82. The van der Waals surface area contributed by atoms with E-state index in [1.54, 1.807) is 0 Å². The largest absolute Gasteiger partial charge is 0.386 e. The van der Waals surface area contributed by atoms with Gasteiger partial charge in [-0.2, -0.15) is 0 Å². The van der Waals surface area contributed by atoms with Crippen molar-refractivity contribution in [2.24, 2.45) is 5.73 Å². The van der Waals surface area contributed by atoms with Crippen molar-refractivity contribution < 1.29 is 0 Å². The number of hydrogen-bond donors (Lipinski definition) is 2. The Labute approximate surface area is 90.4 Å². The molecule has 0 radical (unpaired) electrons. The lowest BCUT2D eigenvalue weighted by Gasteiger charge is -2.24. The molecule has 0 unspecified atom stereocenters. The normalized spacial score (nSPS) is 15.6. The minimum atomic E-state index is 0.242. The minimum absolute atomic E-state index is 0.242. The Morgan fingerprint density at radius 2 is 2.13 bits per heavy atom. The van der Waals surface area contributed by atoms with Gasteiger partial charge in [-0.25, -0.2) is 0 Å². The van der Waals surface area contributed by atoms with Crippen LogP contribution in [0.1, 0.15) is 18.4 Å². The third-order valence-corrected chi connectivity index (χ3v) is 2.82. The van der Waals surface area contributed by atoms with Gasteiger partial charge in [0.2, 0.25) is 0 Å². The molecule has 1 aromatic carbocycles. The molecular formula is C12H17N3. The second-order valence-corrected chi connectivity index (χ2v) is 4.03. The summed E-state index contributed by atoms with van der Waals surface area (Å²) in [5.41, 5.74) is 8.11. The molecule has 0 saturated heterocycles. The molecule has 0 atom stereocenters. The summed E-state index contributed by atoms with van der Waals surface area (Å²) >= 11 is 0. The van der Waals surface area contributed by atoms with E-state index < -0.39 is 0 Å². The lowest BCUT2D eigenvalue weighted by Crippen LogP contribution is -2.33. The predicted molar refractivity (Wildman–Crippen MR) is 63.5 cm³/mol. The van der Waals surface area contributed by atoms with E-state index >= 15 is 0 Å². The lowest BCUT2D eigenvalue weighted by atomic mass is 10.1. The van der Waals surface area contributed by atoms with Gasteiger partial charge in [-0.15, -0.1) is 0 Å². The van der Waals surface area contributed by atoms with Crippen LogP contribution in [-0.2, 0) is 6.42 Å². The highest BCUT2D eigenvalue weighted by Crippen LogP contribution is 2.25. The first kappa shape index (κ1) is 10.0. The van der Waals surface area contributed by atoms with Crippen LogP contribution in [0.5, 0.6) is 0 Å². The quantitative estimate of drug-likeness (QED) is 0.568. The van der Waals surface area contributed by atoms with Crippen LogP contribution in [0.15, 0.2) is 24.3 Å². The number of hydrogen-bond acceptors (Lipinski definition) is 2. The molecule has 15 heavy (non-hydrogen) atoms. The highest BCUT2D eigenvalue weighted by atomic mass is 15.1. The number of anilines is 1. The predicted octanol–water partition coefficient (Wildman–Crippen LogP) is 1.77. The van der Waals surface area contributed by atoms with Crippen molar-refractivity contribution in [2.75, 3.05) is 18.0 Å². The van der Waals surface area contributed by atoms with E-state index in [4.69, 9.17) is 11.1 Å². The summed E-state index contributed by atoms with van der Waals surface area (Å²) < 4.78 is 0. The summed E-state index contributed by atoms with van der Waals surface area (Å²) in [6.07, 6.45) is 3.55. The average Bonchev–Trinajstić information content (AvgIpc) is 2.41. The van der Waals surface area contributed by atoms with Gasteiger partial charge >= 0.3 is 0 Å². The molecule has 80 valence electrons. The molecule has 3 N–H and O–H groups in total. The van der Waals surface area contributed by atoms with Crippen molar-refractivity contribution in [1.29, 1.82) is 5.41 Å². The van der Waals surface area contributed by atoms with Crippen molar-refractivity contribution >= 4 is 11.5 Å². The monoisotopic (exact) mass is 203 g/mol. The fourth-order valence-electron chi connectivity index (χ4n) is 2.14. The molecule has 1 aromatic rings. The molecule has 1 aliphatic rings. The summed E-state index contributed by atoms with van der Waals surface area (Å²) in [6.45, 7) is 1.56. The van der Waals surface area contributed by atoms with Crippen LogP contribution in [-0.4, -0.2) is 18.9 Å². The zero-order valence-electron chi connectivity index (χ0n) is 8.87. The van der Waals surface area contributed by atoms with E-state index in [0.29, 0.717) is 6.54 Å². The Morgan fingerprint density at radius 3 is 2.93 bits per heavy atom. The molecule has 3 nitrogen and oxygen atoms in total. The fraction of sp³-hybridized carbons (Fsp3) is 0.417.